The van der Waals surface area contributed by atoms with Crippen LogP contribution in [0.4, 0.5) is 10.5 Å². The molecule has 1 saturated heterocycles. The van der Waals surface area contributed by atoms with Crippen molar-refractivity contribution in [1.29, 1.82) is 0 Å². The summed E-state index contributed by atoms with van der Waals surface area (Å²) >= 11 is 0. The average Bonchev–Trinajstić information content (AvgIpc) is 3.08. The summed E-state index contributed by atoms with van der Waals surface area (Å²) in [5, 5.41) is 4.95. The van der Waals surface area contributed by atoms with Crippen molar-refractivity contribution in [1.82, 2.24) is 15.2 Å². The SMILES string of the molecule is O=C1CCC(N2Cc3ccc(COC(=O)Nc4ccc(C5CCC5)nc4)cc3C2=O)C(=O)N1.[HH].[HH]. The Morgan fingerprint density at radius 2 is 2.03 bits per heavy atom. The first kappa shape index (κ1) is 21.1. The Morgan fingerprint density at radius 3 is 2.73 bits per heavy atom. The fourth-order valence-electron chi connectivity index (χ4n) is 4.42. The maximum absolute atomic E-state index is 12.9. The topological polar surface area (TPSA) is 118 Å². The molecule has 9 nitrogen and oxygen atoms in total. The Bertz CT molecular complexity index is 1140. The zero-order valence-corrected chi connectivity index (χ0v) is 18.0. The Balaban J connectivity index is 0.00000171. The van der Waals surface area contributed by atoms with E-state index in [2.05, 4.69) is 15.6 Å². The minimum absolute atomic E-state index is 0. The number of hydrogen-bond donors (Lipinski definition) is 2. The molecule has 4 amide bonds. The quantitative estimate of drug-likeness (QED) is 0.672. The van der Waals surface area contributed by atoms with Crippen LogP contribution in [0.2, 0.25) is 0 Å². The Labute approximate surface area is 193 Å². The average molecular weight is 453 g/mol. The Morgan fingerprint density at radius 1 is 1.18 bits per heavy atom. The van der Waals surface area contributed by atoms with Gasteiger partial charge in [0.2, 0.25) is 11.8 Å². The monoisotopic (exact) mass is 452 g/mol. The molecule has 174 valence electrons. The fourth-order valence-corrected chi connectivity index (χ4v) is 4.42. The summed E-state index contributed by atoms with van der Waals surface area (Å²) < 4.78 is 5.30. The molecule has 3 heterocycles. The third-order valence-electron chi connectivity index (χ3n) is 6.52. The van der Waals surface area contributed by atoms with Crippen LogP contribution in [-0.4, -0.2) is 39.7 Å². The minimum Gasteiger partial charge on any atom is -0.444 e. The molecule has 1 atom stereocenters. The molecule has 1 aliphatic carbocycles. The molecule has 9 heteroatoms. The second-order valence-corrected chi connectivity index (χ2v) is 8.69. The largest absolute Gasteiger partial charge is 0.444 e. The summed E-state index contributed by atoms with van der Waals surface area (Å²) in [4.78, 5) is 54.5. The van der Waals surface area contributed by atoms with Gasteiger partial charge in [-0.05, 0) is 48.6 Å². The normalized spacial score (nSPS) is 20.2. The number of nitrogens with zero attached hydrogens (tertiary/aromatic N) is 2. The Hall–Kier alpha value is -3.75. The van der Waals surface area contributed by atoms with Gasteiger partial charge >= 0.3 is 6.09 Å². The van der Waals surface area contributed by atoms with Gasteiger partial charge in [0.05, 0.1) is 11.9 Å². The molecule has 33 heavy (non-hydrogen) atoms. The first-order valence-electron chi connectivity index (χ1n) is 11.1. The van der Waals surface area contributed by atoms with Crippen molar-refractivity contribution in [2.45, 2.75) is 57.2 Å². The molecule has 0 bridgehead atoms. The van der Waals surface area contributed by atoms with Crippen LogP contribution in [0.25, 0.3) is 0 Å². The molecule has 1 aromatic heterocycles. The molecule has 5 rings (SSSR count). The van der Waals surface area contributed by atoms with E-state index in [1.165, 1.54) is 11.3 Å². The van der Waals surface area contributed by atoms with Crippen molar-refractivity contribution in [3.63, 3.8) is 0 Å². The molecule has 1 unspecified atom stereocenters. The number of pyridine rings is 1. The standard InChI is InChI=1S/C24H24N4O5.2H2/c29-21-9-8-20(22(30)27-21)28-12-16-5-4-14(10-18(16)23(28)31)13-33-24(32)26-17-6-7-19(25-11-17)15-2-1-3-15;;/h4-7,10-11,15,20H,1-3,8-9,12-13H2,(H,26,32)(H,27,29,30);2*1H. The predicted octanol–water partition coefficient (Wildman–Crippen LogP) is 3.35. The van der Waals surface area contributed by atoms with Gasteiger partial charge in [-0.2, -0.15) is 0 Å². The zero-order chi connectivity index (χ0) is 22.9. The number of piperidine rings is 1. The predicted molar refractivity (Wildman–Crippen MR) is 121 cm³/mol. The number of aromatic nitrogens is 1. The third kappa shape index (κ3) is 4.30. The molecule has 1 aromatic carbocycles. The summed E-state index contributed by atoms with van der Waals surface area (Å²) in [7, 11) is 0. The number of imide groups is 1. The summed E-state index contributed by atoms with van der Waals surface area (Å²) in [5.74, 6) is -0.492. The van der Waals surface area contributed by atoms with Gasteiger partial charge in [0.1, 0.15) is 12.6 Å². The highest BCUT2D eigenvalue weighted by Crippen LogP contribution is 2.35. The van der Waals surface area contributed by atoms with E-state index in [4.69, 9.17) is 4.74 Å². The molecule has 2 fully saturated rings. The summed E-state index contributed by atoms with van der Waals surface area (Å²) in [5.41, 5.74) is 3.56. The van der Waals surface area contributed by atoms with Gasteiger partial charge in [-0.15, -0.1) is 0 Å². The highest BCUT2D eigenvalue weighted by molar-refractivity contribution is 6.05. The molecule has 2 aromatic rings. The number of ether oxygens (including phenoxy) is 1. The highest BCUT2D eigenvalue weighted by Gasteiger charge is 2.39. The lowest BCUT2D eigenvalue weighted by molar-refractivity contribution is -0.136. The third-order valence-corrected chi connectivity index (χ3v) is 6.52. The van der Waals surface area contributed by atoms with Crippen molar-refractivity contribution in [3.05, 3.63) is 58.9 Å². The maximum atomic E-state index is 12.9. The smallest absolute Gasteiger partial charge is 0.412 e. The maximum Gasteiger partial charge on any atom is 0.412 e. The fraction of sp³-hybridized carbons (Fsp3) is 0.375. The molecular weight excluding hydrogens is 424 g/mol. The van der Waals surface area contributed by atoms with Gasteiger partial charge in [0, 0.05) is 33.0 Å². The second kappa shape index (κ2) is 8.65. The number of anilines is 1. The van der Waals surface area contributed by atoms with E-state index in [1.807, 2.05) is 12.1 Å². The summed E-state index contributed by atoms with van der Waals surface area (Å²) in [6, 6.07) is 8.38. The Kier molecular flexibility index (Phi) is 5.53. The second-order valence-electron chi connectivity index (χ2n) is 8.69. The van der Waals surface area contributed by atoms with Crippen LogP contribution in [0.1, 0.15) is 68.1 Å². The lowest BCUT2D eigenvalue weighted by Gasteiger charge is -2.29. The molecule has 1 saturated carbocycles. The van der Waals surface area contributed by atoms with E-state index in [1.54, 1.807) is 24.4 Å². The van der Waals surface area contributed by atoms with Gasteiger partial charge in [0.25, 0.3) is 5.91 Å². The van der Waals surface area contributed by atoms with Gasteiger partial charge in [-0.3, -0.25) is 30.0 Å². The van der Waals surface area contributed by atoms with Gasteiger partial charge in [-0.25, -0.2) is 4.79 Å². The summed E-state index contributed by atoms with van der Waals surface area (Å²) in [6.45, 7) is 0.310. The number of hydrogen-bond acceptors (Lipinski definition) is 6. The number of benzene rings is 1. The van der Waals surface area contributed by atoms with Crippen molar-refractivity contribution in [2.75, 3.05) is 5.32 Å². The highest BCUT2D eigenvalue weighted by atomic mass is 16.5. The van der Waals surface area contributed by atoms with Gasteiger partial charge in [0.15, 0.2) is 0 Å². The first-order valence-corrected chi connectivity index (χ1v) is 11.1. The number of carbonyl (C=O) groups is 4. The van der Waals surface area contributed by atoms with E-state index in [0.29, 0.717) is 35.7 Å². The van der Waals surface area contributed by atoms with Crippen LogP contribution in [0, 0.1) is 0 Å². The summed E-state index contributed by atoms with van der Waals surface area (Å²) in [6.07, 6.45) is 5.12. The molecule has 2 aliphatic heterocycles. The van der Waals surface area contributed by atoms with Crippen molar-refractivity contribution in [3.8, 4) is 0 Å². The minimum atomic E-state index is -0.655. The number of rotatable bonds is 5. The van der Waals surface area contributed by atoms with E-state index in [0.717, 1.165) is 24.1 Å². The van der Waals surface area contributed by atoms with Crippen molar-refractivity contribution < 1.29 is 26.8 Å². The van der Waals surface area contributed by atoms with Crippen LogP contribution in [0.15, 0.2) is 36.5 Å². The van der Waals surface area contributed by atoms with E-state index in [-0.39, 0.29) is 27.7 Å². The number of carbonyl (C=O) groups excluding carboxylic acids is 4. The van der Waals surface area contributed by atoms with Gasteiger partial charge < -0.3 is 9.64 Å². The first-order chi connectivity index (χ1) is 16.0. The van der Waals surface area contributed by atoms with E-state index < -0.39 is 18.0 Å². The van der Waals surface area contributed by atoms with Crippen molar-refractivity contribution >= 4 is 29.5 Å². The lowest BCUT2D eigenvalue weighted by Crippen LogP contribution is -2.52. The molecular formula is C24H28N4O5. The van der Waals surface area contributed by atoms with Crippen LogP contribution in [0.5, 0.6) is 0 Å². The van der Waals surface area contributed by atoms with Crippen molar-refractivity contribution in [2.24, 2.45) is 0 Å². The van der Waals surface area contributed by atoms with E-state index in [9.17, 15) is 19.2 Å². The number of amides is 4. The number of fused-ring (bicyclic) bond motifs is 1. The molecule has 0 spiro atoms. The van der Waals surface area contributed by atoms with Crippen LogP contribution >= 0.6 is 0 Å². The van der Waals surface area contributed by atoms with Gasteiger partial charge in [-0.1, -0.05) is 18.6 Å². The van der Waals surface area contributed by atoms with Crippen LogP contribution in [-0.2, 0) is 27.5 Å². The zero-order valence-electron chi connectivity index (χ0n) is 18.0. The molecule has 0 radical (unpaired) electrons. The van der Waals surface area contributed by atoms with Crippen LogP contribution in [0.3, 0.4) is 0 Å². The number of nitrogens with one attached hydrogen (secondary N) is 2. The molecule has 3 aliphatic rings. The van der Waals surface area contributed by atoms with Crippen LogP contribution < -0.4 is 10.6 Å². The molecule has 2 N–H and O–H groups in total. The lowest BCUT2D eigenvalue weighted by atomic mass is 9.83. The van der Waals surface area contributed by atoms with E-state index >= 15 is 0 Å².